The van der Waals surface area contributed by atoms with Crippen molar-refractivity contribution >= 4 is 0 Å². The van der Waals surface area contributed by atoms with Crippen LogP contribution in [0.5, 0.6) is 5.75 Å². The van der Waals surface area contributed by atoms with Gasteiger partial charge in [0.05, 0.1) is 7.11 Å². The fourth-order valence-corrected chi connectivity index (χ4v) is 2.17. The zero-order valence-corrected chi connectivity index (χ0v) is 8.79. The molecule has 1 saturated heterocycles. The van der Waals surface area contributed by atoms with Gasteiger partial charge in [0.2, 0.25) is 0 Å². The lowest BCUT2D eigenvalue weighted by molar-refractivity contribution is 0.414. The van der Waals surface area contributed by atoms with Crippen LogP contribution in [0.15, 0.2) is 24.3 Å². The molecule has 1 aromatic carbocycles. The Morgan fingerprint density at radius 2 is 2.00 bits per heavy atom. The molecule has 2 heteroatoms. The minimum atomic E-state index is 0.600. The highest BCUT2D eigenvalue weighted by Gasteiger charge is 2.23. The molecule has 0 radical (unpaired) electrons. The van der Waals surface area contributed by atoms with Crippen molar-refractivity contribution in [1.82, 2.24) is 5.32 Å². The van der Waals surface area contributed by atoms with Crippen LogP contribution in [-0.4, -0.2) is 19.7 Å². The Morgan fingerprint density at radius 3 is 2.50 bits per heavy atom. The van der Waals surface area contributed by atoms with E-state index in [9.17, 15) is 0 Å². The molecule has 14 heavy (non-hydrogen) atoms. The highest BCUT2D eigenvalue weighted by molar-refractivity contribution is 5.30. The van der Waals surface area contributed by atoms with Gasteiger partial charge in [-0.3, -0.25) is 0 Å². The largest absolute Gasteiger partial charge is 0.497 e. The third-order valence-electron chi connectivity index (χ3n) is 3.07. The van der Waals surface area contributed by atoms with Gasteiger partial charge in [0, 0.05) is 12.0 Å². The Bertz CT molecular complexity index is 294. The summed E-state index contributed by atoms with van der Waals surface area (Å²) in [5.41, 5.74) is 1.42. The number of nitrogens with one attached hydrogen (secondary N) is 1. The summed E-state index contributed by atoms with van der Waals surface area (Å²) in [6.07, 6.45) is 1.24. The maximum absolute atomic E-state index is 5.14. The highest BCUT2D eigenvalue weighted by Crippen LogP contribution is 2.28. The third-order valence-corrected chi connectivity index (χ3v) is 3.07. The third kappa shape index (κ3) is 1.75. The summed E-state index contributed by atoms with van der Waals surface area (Å²) in [6.45, 7) is 3.39. The Hall–Kier alpha value is -1.02. The maximum Gasteiger partial charge on any atom is 0.118 e. The molecule has 1 aliphatic rings. The summed E-state index contributed by atoms with van der Waals surface area (Å²) < 4.78 is 5.14. The van der Waals surface area contributed by atoms with E-state index in [0.29, 0.717) is 12.0 Å². The normalized spacial score (nSPS) is 26.4. The predicted molar refractivity (Wildman–Crippen MR) is 57.8 cm³/mol. The van der Waals surface area contributed by atoms with Gasteiger partial charge in [0.25, 0.3) is 0 Å². The van der Waals surface area contributed by atoms with E-state index in [0.717, 1.165) is 12.3 Å². The molecule has 0 saturated carbocycles. The van der Waals surface area contributed by atoms with Crippen LogP contribution >= 0.6 is 0 Å². The summed E-state index contributed by atoms with van der Waals surface area (Å²) in [5.74, 6) is 1.60. The van der Waals surface area contributed by atoms with Crippen LogP contribution in [0.1, 0.15) is 24.8 Å². The monoisotopic (exact) mass is 191 g/mol. The van der Waals surface area contributed by atoms with Crippen molar-refractivity contribution in [3.8, 4) is 5.75 Å². The lowest BCUT2D eigenvalue weighted by Crippen LogP contribution is -2.21. The Labute approximate surface area is 85.3 Å². The average Bonchev–Trinajstić information content (AvgIpc) is 2.65. The van der Waals surface area contributed by atoms with Crippen LogP contribution in [-0.2, 0) is 0 Å². The van der Waals surface area contributed by atoms with Crippen molar-refractivity contribution in [2.24, 2.45) is 0 Å². The van der Waals surface area contributed by atoms with E-state index >= 15 is 0 Å². The first-order valence-electron chi connectivity index (χ1n) is 5.18. The molecule has 1 N–H and O–H groups in total. The molecule has 2 rings (SSSR count). The molecule has 0 bridgehead atoms. The molecule has 2 atom stereocenters. The molecular formula is C12H17NO. The van der Waals surface area contributed by atoms with Gasteiger partial charge in [0.1, 0.15) is 5.75 Å². The lowest BCUT2D eigenvalue weighted by atomic mass is 9.93. The second-order valence-corrected chi connectivity index (χ2v) is 3.91. The van der Waals surface area contributed by atoms with Crippen LogP contribution < -0.4 is 10.1 Å². The van der Waals surface area contributed by atoms with E-state index in [-0.39, 0.29) is 0 Å². The lowest BCUT2D eigenvalue weighted by Gasteiger charge is -2.15. The highest BCUT2D eigenvalue weighted by atomic mass is 16.5. The average molecular weight is 191 g/mol. The van der Waals surface area contributed by atoms with Crippen molar-refractivity contribution in [3.05, 3.63) is 29.8 Å². The van der Waals surface area contributed by atoms with E-state index in [2.05, 4.69) is 24.4 Å². The van der Waals surface area contributed by atoms with Gasteiger partial charge >= 0.3 is 0 Å². The van der Waals surface area contributed by atoms with E-state index in [1.54, 1.807) is 7.11 Å². The first-order valence-corrected chi connectivity index (χ1v) is 5.18. The van der Waals surface area contributed by atoms with Crippen LogP contribution in [0.25, 0.3) is 0 Å². The maximum atomic E-state index is 5.14. The van der Waals surface area contributed by atoms with Crippen LogP contribution in [0.2, 0.25) is 0 Å². The van der Waals surface area contributed by atoms with Crippen molar-refractivity contribution in [3.63, 3.8) is 0 Å². The van der Waals surface area contributed by atoms with Gasteiger partial charge < -0.3 is 10.1 Å². The van der Waals surface area contributed by atoms with E-state index < -0.39 is 0 Å². The zero-order valence-electron chi connectivity index (χ0n) is 8.79. The SMILES string of the molecule is COc1ccc(C2CCNC2C)cc1. The van der Waals surface area contributed by atoms with Gasteiger partial charge in [0.15, 0.2) is 0 Å². The minimum Gasteiger partial charge on any atom is -0.497 e. The Kier molecular flexibility index (Phi) is 2.73. The van der Waals surface area contributed by atoms with Crippen LogP contribution in [0.3, 0.4) is 0 Å². The Morgan fingerprint density at radius 1 is 1.29 bits per heavy atom. The quantitative estimate of drug-likeness (QED) is 0.773. The van der Waals surface area contributed by atoms with Crippen molar-refractivity contribution in [2.45, 2.75) is 25.3 Å². The standard InChI is InChI=1S/C12H17NO/c1-9-12(7-8-13-9)10-3-5-11(14-2)6-4-10/h3-6,9,12-13H,7-8H2,1-2H3. The number of rotatable bonds is 2. The zero-order chi connectivity index (χ0) is 9.97. The molecule has 2 nitrogen and oxygen atoms in total. The predicted octanol–water partition coefficient (Wildman–Crippen LogP) is 2.16. The van der Waals surface area contributed by atoms with Gasteiger partial charge in [-0.05, 0) is 37.6 Å². The number of hydrogen-bond donors (Lipinski definition) is 1. The van der Waals surface area contributed by atoms with E-state index in [1.165, 1.54) is 12.0 Å². The summed E-state index contributed by atoms with van der Waals surface area (Å²) in [5, 5.41) is 3.47. The van der Waals surface area contributed by atoms with Crippen molar-refractivity contribution in [2.75, 3.05) is 13.7 Å². The van der Waals surface area contributed by atoms with Crippen LogP contribution in [0.4, 0.5) is 0 Å². The number of ether oxygens (including phenoxy) is 1. The summed E-state index contributed by atoms with van der Waals surface area (Å²) in [7, 11) is 1.70. The van der Waals surface area contributed by atoms with Gasteiger partial charge in [-0.25, -0.2) is 0 Å². The molecule has 0 amide bonds. The molecule has 76 valence electrons. The first-order chi connectivity index (χ1) is 6.81. The molecule has 1 aliphatic heterocycles. The molecule has 1 fully saturated rings. The fraction of sp³-hybridized carbons (Fsp3) is 0.500. The van der Waals surface area contributed by atoms with Crippen LogP contribution in [0, 0.1) is 0 Å². The molecule has 0 spiro atoms. The van der Waals surface area contributed by atoms with E-state index in [4.69, 9.17) is 4.74 Å². The molecular weight excluding hydrogens is 174 g/mol. The second-order valence-electron chi connectivity index (χ2n) is 3.91. The van der Waals surface area contributed by atoms with Gasteiger partial charge in [-0.15, -0.1) is 0 Å². The number of methoxy groups -OCH3 is 1. The smallest absolute Gasteiger partial charge is 0.118 e. The molecule has 1 heterocycles. The van der Waals surface area contributed by atoms with E-state index in [1.807, 2.05) is 12.1 Å². The molecule has 1 aromatic rings. The van der Waals surface area contributed by atoms with Gasteiger partial charge in [-0.2, -0.15) is 0 Å². The van der Waals surface area contributed by atoms with Crippen molar-refractivity contribution < 1.29 is 4.74 Å². The number of benzene rings is 1. The topological polar surface area (TPSA) is 21.3 Å². The fourth-order valence-electron chi connectivity index (χ4n) is 2.17. The van der Waals surface area contributed by atoms with Crippen molar-refractivity contribution in [1.29, 1.82) is 0 Å². The molecule has 0 aliphatic carbocycles. The van der Waals surface area contributed by atoms with Gasteiger partial charge in [-0.1, -0.05) is 12.1 Å². The Balaban J connectivity index is 2.16. The molecule has 2 unspecified atom stereocenters. The first kappa shape index (κ1) is 9.53. The minimum absolute atomic E-state index is 0.600. The molecule has 0 aromatic heterocycles. The second kappa shape index (κ2) is 4.01. The number of hydrogen-bond acceptors (Lipinski definition) is 2. The summed E-state index contributed by atoms with van der Waals surface area (Å²) >= 11 is 0. The summed E-state index contributed by atoms with van der Waals surface area (Å²) in [4.78, 5) is 0. The summed E-state index contributed by atoms with van der Waals surface area (Å²) in [6, 6.07) is 9.03.